The number of hydrogen-bond donors (Lipinski definition) is 2. The molecule has 4 rings (SSSR count). The van der Waals surface area contributed by atoms with E-state index in [0.29, 0.717) is 30.4 Å². The summed E-state index contributed by atoms with van der Waals surface area (Å²) in [6, 6.07) is 23.6. The maximum absolute atomic E-state index is 13.0. The third kappa shape index (κ3) is 6.50. The molecule has 0 atom stereocenters. The summed E-state index contributed by atoms with van der Waals surface area (Å²) in [6.07, 6.45) is 0. The van der Waals surface area contributed by atoms with E-state index < -0.39 is 0 Å². The Morgan fingerprint density at radius 3 is 2.51 bits per heavy atom. The van der Waals surface area contributed by atoms with Crippen molar-refractivity contribution in [1.82, 2.24) is 4.90 Å². The van der Waals surface area contributed by atoms with Crippen LogP contribution >= 0.6 is 11.6 Å². The lowest BCUT2D eigenvalue weighted by molar-refractivity contribution is -0.110. The van der Waals surface area contributed by atoms with Crippen LogP contribution in [0.4, 0.5) is 11.4 Å². The van der Waals surface area contributed by atoms with Crippen molar-refractivity contribution in [3.63, 3.8) is 0 Å². The van der Waals surface area contributed by atoms with Crippen molar-refractivity contribution in [2.24, 2.45) is 0 Å². The van der Waals surface area contributed by atoms with Gasteiger partial charge in [-0.3, -0.25) is 9.69 Å². The average molecular weight is 492 g/mol. The van der Waals surface area contributed by atoms with E-state index in [9.17, 15) is 4.79 Å². The topological polar surface area (TPSA) is 62.8 Å². The lowest BCUT2D eigenvalue weighted by Gasteiger charge is -2.18. The Morgan fingerprint density at radius 2 is 1.77 bits per heavy atom. The zero-order chi connectivity index (χ0) is 24.6. The van der Waals surface area contributed by atoms with Gasteiger partial charge in [0.1, 0.15) is 0 Å². The number of carbonyl (C=O) groups is 1. The zero-order valence-corrected chi connectivity index (χ0v) is 20.8. The number of ether oxygens (including phenoxy) is 2. The summed E-state index contributed by atoms with van der Waals surface area (Å²) in [4.78, 5) is 15.2. The van der Waals surface area contributed by atoms with Gasteiger partial charge in [-0.2, -0.15) is 0 Å². The van der Waals surface area contributed by atoms with E-state index in [1.165, 1.54) is 5.56 Å². The van der Waals surface area contributed by atoms with E-state index in [4.69, 9.17) is 21.1 Å². The van der Waals surface area contributed by atoms with Gasteiger partial charge < -0.3 is 20.1 Å². The van der Waals surface area contributed by atoms with Gasteiger partial charge in [0, 0.05) is 36.5 Å². The predicted molar refractivity (Wildman–Crippen MR) is 142 cm³/mol. The molecule has 1 amide bonds. The fourth-order valence-electron chi connectivity index (χ4n) is 3.97. The van der Waals surface area contributed by atoms with Crippen LogP contribution in [0.3, 0.4) is 0 Å². The van der Waals surface area contributed by atoms with Gasteiger partial charge in [0.15, 0.2) is 0 Å². The molecule has 182 valence electrons. The first-order chi connectivity index (χ1) is 17.0. The summed E-state index contributed by atoms with van der Waals surface area (Å²) >= 11 is 6.15. The zero-order valence-electron chi connectivity index (χ0n) is 20.0. The Bertz CT molecular complexity index is 1180. The molecule has 35 heavy (non-hydrogen) atoms. The minimum atomic E-state index is -0.153. The normalized spacial score (nSPS) is 14.1. The lowest BCUT2D eigenvalue weighted by atomic mass is 10.00. The third-order valence-electron chi connectivity index (χ3n) is 5.76. The minimum absolute atomic E-state index is 0.153. The molecule has 1 aliphatic heterocycles. The second-order valence-corrected chi connectivity index (χ2v) is 8.86. The quantitative estimate of drug-likeness (QED) is 0.279. The maximum atomic E-state index is 13.0. The Hall–Kier alpha value is -3.16. The first kappa shape index (κ1) is 24.9. The van der Waals surface area contributed by atoms with Gasteiger partial charge in [0.25, 0.3) is 5.91 Å². The fourth-order valence-corrected chi connectivity index (χ4v) is 4.14. The molecule has 0 unspecified atom stereocenters. The summed E-state index contributed by atoms with van der Waals surface area (Å²) < 4.78 is 10.6. The van der Waals surface area contributed by atoms with E-state index in [2.05, 4.69) is 34.7 Å². The molecule has 1 aliphatic rings. The molecule has 0 aliphatic carbocycles. The van der Waals surface area contributed by atoms with E-state index in [1.807, 2.05) is 48.5 Å². The largest absolute Gasteiger partial charge is 0.382 e. The molecule has 0 aromatic heterocycles. The summed E-state index contributed by atoms with van der Waals surface area (Å²) in [5.74, 6) is -0.153. The van der Waals surface area contributed by atoms with E-state index in [0.717, 1.165) is 41.3 Å². The van der Waals surface area contributed by atoms with Crippen molar-refractivity contribution in [2.45, 2.75) is 6.54 Å². The highest BCUT2D eigenvalue weighted by molar-refractivity contribution is 6.38. The number of anilines is 2. The van der Waals surface area contributed by atoms with Crippen molar-refractivity contribution in [3.8, 4) is 0 Å². The maximum Gasteiger partial charge on any atom is 0.258 e. The minimum Gasteiger partial charge on any atom is -0.382 e. The lowest BCUT2D eigenvalue weighted by Crippen LogP contribution is -2.23. The van der Waals surface area contributed by atoms with Gasteiger partial charge in [0.2, 0.25) is 0 Å². The summed E-state index contributed by atoms with van der Waals surface area (Å²) in [6.45, 7) is 3.55. The third-order valence-corrected chi connectivity index (χ3v) is 6.00. The molecule has 2 N–H and O–H groups in total. The van der Waals surface area contributed by atoms with E-state index >= 15 is 0 Å². The standard InChI is InChI=1S/C28H30ClN3O3/c1-32(14-15-35-17-16-34-2)19-20-8-11-23(12-9-20)30-27(21-6-4-3-5-7-21)26-24-13-10-22(29)18-25(24)31-28(26)33/h3-13,18,30H,14-17,19H2,1-2H3,(H,31,33)/b27-26-. The molecule has 0 bridgehead atoms. The van der Waals surface area contributed by atoms with Crippen LogP contribution in [0.1, 0.15) is 16.7 Å². The molecule has 3 aromatic carbocycles. The van der Waals surface area contributed by atoms with Crippen LogP contribution in [0.25, 0.3) is 11.3 Å². The van der Waals surface area contributed by atoms with Crippen LogP contribution < -0.4 is 10.6 Å². The monoisotopic (exact) mass is 491 g/mol. The second kappa shape index (κ2) is 12.0. The van der Waals surface area contributed by atoms with Gasteiger partial charge in [-0.05, 0) is 42.4 Å². The van der Waals surface area contributed by atoms with Crippen LogP contribution in [0.15, 0.2) is 72.8 Å². The van der Waals surface area contributed by atoms with Gasteiger partial charge in [-0.15, -0.1) is 0 Å². The molecular formula is C28H30ClN3O3. The van der Waals surface area contributed by atoms with Crippen LogP contribution in [0.5, 0.6) is 0 Å². The summed E-state index contributed by atoms with van der Waals surface area (Å²) in [5, 5.41) is 7.02. The van der Waals surface area contributed by atoms with Crippen molar-refractivity contribution < 1.29 is 14.3 Å². The molecule has 0 radical (unpaired) electrons. The van der Waals surface area contributed by atoms with Crippen LogP contribution in [-0.4, -0.2) is 51.3 Å². The Kier molecular flexibility index (Phi) is 8.55. The highest BCUT2D eigenvalue weighted by atomic mass is 35.5. The number of carbonyl (C=O) groups excluding carboxylic acids is 1. The Labute approximate surface area is 211 Å². The molecule has 3 aromatic rings. The molecule has 0 saturated heterocycles. The van der Waals surface area contributed by atoms with Crippen molar-refractivity contribution in [2.75, 3.05) is 51.2 Å². The van der Waals surface area contributed by atoms with Crippen LogP contribution in [0, 0.1) is 0 Å². The predicted octanol–water partition coefficient (Wildman–Crippen LogP) is 5.37. The molecular weight excluding hydrogens is 462 g/mol. The Balaban J connectivity index is 1.52. The summed E-state index contributed by atoms with van der Waals surface area (Å²) in [7, 11) is 3.75. The van der Waals surface area contributed by atoms with Crippen molar-refractivity contribution in [3.05, 3.63) is 94.5 Å². The van der Waals surface area contributed by atoms with Crippen LogP contribution in [-0.2, 0) is 20.8 Å². The van der Waals surface area contributed by atoms with E-state index in [1.54, 1.807) is 19.2 Å². The highest BCUT2D eigenvalue weighted by Crippen LogP contribution is 2.38. The van der Waals surface area contributed by atoms with Gasteiger partial charge in [-0.25, -0.2) is 0 Å². The number of amides is 1. The number of hydrogen-bond acceptors (Lipinski definition) is 5. The van der Waals surface area contributed by atoms with Gasteiger partial charge in [0.05, 0.1) is 36.8 Å². The molecule has 6 nitrogen and oxygen atoms in total. The molecule has 0 spiro atoms. The van der Waals surface area contributed by atoms with Crippen molar-refractivity contribution in [1.29, 1.82) is 0 Å². The number of nitrogens with zero attached hydrogens (tertiary/aromatic N) is 1. The number of likely N-dealkylation sites (N-methyl/N-ethyl adjacent to an activating group) is 1. The number of nitrogens with one attached hydrogen (secondary N) is 2. The van der Waals surface area contributed by atoms with Crippen molar-refractivity contribution >= 4 is 40.2 Å². The first-order valence-corrected chi connectivity index (χ1v) is 11.9. The fraction of sp³-hybridized carbons (Fsp3) is 0.250. The molecule has 0 saturated carbocycles. The first-order valence-electron chi connectivity index (χ1n) is 11.6. The molecule has 0 fully saturated rings. The summed E-state index contributed by atoms with van der Waals surface area (Å²) in [5.41, 5.74) is 5.93. The number of rotatable bonds is 11. The number of methoxy groups -OCH3 is 1. The van der Waals surface area contributed by atoms with Crippen LogP contribution in [0.2, 0.25) is 5.02 Å². The molecule has 7 heteroatoms. The Morgan fingerprint density at radius 1 is 1.00 bits per heavy atom. The molecule has 1 heterocycles. The number of benzene rings is 3. The van der Waals surface area contributed by atoms with Gasteiger partial charge in [-0.1, -0.05) is 60.1 Å². The second-order valence-electron chi connectivity index (χ2n) is 8.42. The number of halogens is 1. The smallest absolute Gasteiger partial charge is 0.258 e. The van der Waals surface area contributed by atoms with Gasteiger partial charge >= 0.3 is 0 Å². The average Bonchev–Trinajstić information content (AvgIpc) is 3.18. The SMILES string of the molecule is COCCOCCN(C)Cc1ccc(N/C(=C2\C(=O)Nc3cc(Cl)ccc32)c2ccccc2)cc1. The number of fused-ring (bicyclic) bond motifs is 1. The van der Waals surface area contributed by atoms with E-state index in [-0.39, 0.29) is 5.91 Å². The highest BCUT2D eigenvalue weighted by Gasteiger charge is 2.28.